The van der Waals surface area contributed by atoms with Crippen molar-refractivity contribution in [3.63, 3.8) is 0 Å². The molecule has 0 spiro atoms. The summed E-state index contributed by atoms with van der Waals surface area (Å²) in [5, 5.41) is 10.0. The number of nitrogens with two attached hydrogens (primary N) is 1. The van der Waals surface area contributed by atoms with Gasteiger partial charge < -0.3 is 10.8 Å². The first-order valence-corrected chi connectivity index (χ1v) is 9.26. The van der Waals surface area contributed by atoms with E-state index in [0.29, 0.717) is 13.0 Å². The van der Waals surface area contributed by atoms with E-state index in [2.05, 4.69) is 18.2 Å². The van der Waals surface area contributed by atoms with Gasteiger partial charge in [0, 0.05) is 0 Å². The van der Waals surface area contributed by atoms with Gasteiger partial charge in [-0.15, -0.1) is 0 Å². The van der Waals surface area contributed by atoms with Gasteiger partial charge in [-0.2, -0.15) is 0 Å². The predicted molar refractivity (Wildman–Crippen MR) is 93.8 cm³/mol. The molecule has 0 bridgehead atoms. The molecular weight excluding hydrogens is 270 g/mol. The summed E-state index contributed by atoms with van der Waals surface area (Å²) < 4.78 is 0. The molecule has 1 unspecified atom stereocenters. The third kappa shape index (κ3) is 6.10. The molecule has 0 radical (unpaired) electrons. The number of unbranched alkanes of at least 4 members (excludes halogenated alkanes) is 1. The van der Waals surface area contributed by atoms with Crippen molar-refractivity contribution in [2.24, 2.45) is 11.7 Å². The van der Waals surface area contributed by atoms with E-state index in [1.165, 1.54) is 63.4 Å². The monoisotopic (exact) mass is 303 g/mol. The van der Waals surface area contributed by atoms with Crippen molar-refractivity contribution < 1.29 is 5.11 Å². The molecule has 0 saturated heterocycles. The second kappa shape index (κ2) is 10.0. The average molecular weight is 303 g/mol. The first-order chi connectivity index (χ1) is 10.8. The molecule has 0 heterocycles. The van der Waals surface area contributed by atoms with Crippen molar-refractivity contribution in [2.45, 2.75) is 76.7 Å². The number of hydrogen-bond acceptors (Lipinski definition) is 2. The molecule has 2 heteroatoms. The Hall–Kier alpha value is -0.860. The second-order valence-corrected chi connectivity index (χ2v) is 6.94. The number of aryl methyl sites for hydroxylation is 1. The van der Waals surface area contributed by atoms with Gasteiger partial charge in [0.15, 0.2) is 0 Å². The van der Waals surface area contributed by atoms with Crippen LogP contribution in [0, 0.1) is 5.92 Å². The van der Waals surface area contributed by atoms with Crippen molar-refractivity contribution in [2.75, 3.05) is 6.54 Å². The van der Waals surface area contributed by atoms with Crippen LogP contribution in [0.3, 0.4) is 0 Å². The standard InChI is InChI=1S/C20H33NO/c21-15-14-20(22)19-13-7-12-18(16-19)11-6-5-10-17-8-3-1-2-4-9-17/h7,12-13,16-17,20,22H,1-6,8-11,14-15,21H2. The van der Waals surface area contributed by atoms with Crippen LogP contribution in [-0.4, -0.2) is 11.7 Å². The van der Waals surface area contributed by atoms with Gasteiger partial charge in [-0.3, -0.25) is 0 Å². The van der Waals surface area contributed by atoms with Crippen LogP contribution in [0.25, 0.3) is 0 Å². The van der Waals surface area contributed by atoms with Gasteiger partial charge in [0.05, 0.1) is 6.10 Å². The molecule has 2 nitrogen and oxygen atoms in total. The van der Waals surface area contributed by atoms with Crippen LogP contribution in [0.5, 0.6) is 0 Å². The Balaban J connectivity index is 1.71. The Morgan fingerprint density at radius 3 is 2.59 bits per heavy atom. The van der Waals surface area contributed by atoms with E-state index < -0.39 is 6.10 Å². The smallest absolute Gasteiger partial charge is 0.0802 e. The third-order valence-electron chi connectivity index (χ3n) is 5.08. The fraction of sp³-hybridized carbons (Fsp3) is 0.700. The maximum atomic E-state index is 10.0. The summed E-state index contributed by atoms with van der Waals surface area (Å²) in [6.45, 7) is 0.535. The molecule has 0 amide bonds. The molecule has 1 aliphatic rings. The number of benzene rings is 1. The van der Waals surface area contributed by atoms with E-state index in [1.54, 1.807) is 0 Å². The summed E-state index contributed by atoms with van der Waals surface area (Å²) in [6.07, 6.45) is 14.1. The largest absolute Gasteiger partial charge is 0.388 e. The lowest BCUT2D eigenvalue weighted by Crippen LogP contribution is -2.07. The van der Waals surface area contributed by atoms with Gasteiger partial charge in [0.1, 0.15) is 0 Å². The lowest BCUT2D eigenvalue weighted by Gasteiger charge is -2.14. The van der Waals surface area contributed by atoms with Gasteiger partial charge >= 0.3 is 0 Å². The molecular formula is C20H33NO. The molecule has 1 aromatic carbocycles. The number of rotatable bonds is 8. The summed E-state index contributed by atoms with van der Waals surface area (Å²) >= 11 is 0. The van der Waals surface area contributed by atoms with Gasteiger partial charge in [0.25, 0.3) is 0 Å². The molecule has 1 atom stereocenters. The topological polar surface area (TPSA) is 46.2 Å². The van der Waals surface area contributed by atoms with E-state index in [4.69, 9.17) is 5.73 Å². The Morgan fingerprint density at radius 2 is 1.86 bits per heavy atom. The summed E-state index contributed by atoms with van der Waals surface area (Å²) in [6, 6.07) is 8.42. The zero-order valence-electron chi connectivity index (χ0n) is 14.0. The molecule has 3 N–H and O–H groups in total. The lowest BCUT2D eigenvalue weighted by molar-refractivity contribution is 0.170. The average Bonchev–Trinajstić information content (AvgIpc) is 2.81. The van der Waals surface area contributed by atoms with E-state index >= 15 is 0 Å². The van der Waals surface area contributed by atoms with Crippen molar-refractivity contribution >= 4 is 0 Å². The van der Waals surface area contributed by atoms with Crippen molar-refractivity contribution in [1.82, 2.24) is 0 Å². The molecule has 1 aliphatic carbocycles. The van der Waals surface area contributed by atoms with Crippen molar-refractivity contribution in [3.8, 4) is 0 Å². The van der Waals surface area contributed by atoms with E-state index in [-0.39, 0.29) is 0 Å². The number of aliphatic hydroxyl groups is 1. The highest BCUT2D eigenvalue weighted by molar-refractivity contribution is 5.25. The lowest BCUT2D eigenvalue weighted by atomic mass is 9.93. The van der Waals surface area contributed by atoms with Crippen LogP contribution in [0.4, 0.5) is 0 Å². The van der Waals surface area contributed by atoms with Crippen LogP contribution in [0.1, 0.15) is 81.4 Å². The molecule has 124 valence electrons. The van der Waals surface area contributed by atoms with Gasteiger partial charge in [0.2, 0.25) is 0 Å². The minimum atomic E-state index is -0.407. The maximum Gasteiger partial charge on any atom is 0.0802 e. The second-order valence-electron chi connectivity index (χ2n) is 6.94. The Labute approximate surface area is 136 Å². The highest BCUT2D eigenvalue weighted by Gasteiger charge is 2.11. The number of aliphatic hydroxyl groups excluding tert-OH is 1. The molecule has 0 aromatic heterocycles. The Kier molecular flexibility index (Phi) is 7.96. The van der Waals surface area contributed by atoms with Crippen molar-refractivity contribution in [1.29, 1.82) is 0 Å². The number of hydrogen-bond donors (Lipinski definition) is 2. The normalized spacial score (nSPS) is 18.1. The molecule has 1 fully saturated rings. The highest BCUT2D eigenvalue weighted by Crippen LogP contribution is 2.27. The van der Waals surface area contributed by atoms with E-state index in [1.807, 2.05) is 6.07 Å². The van der Waals surface area contributed by atoms with Gasteiger partial charge in [-0.1, -0.05) is 75.6 Å². The summed E-state index contributed by atoms with van der Waals surface area (Å²) in [7, 11) is 0. The Bertz CT molecular complexity index is 410. The SMILES string of the molecule is NCCC(O)c1cccc(CCCCC2CCCCCC2)c1. The quantitative estimate of drug-likeness (QED) is 0.537. The van der Waals surface area contributed by atoms with E-state index in [0.717, 1.165) is 17.9 Å². The fourth-order valence-electron chi connectivity index (χ4n) is 3.70. The Morgan fingerprint density at radius 1 is 1.09 bits per heavy atom. The van der Waals surface area contributed by atoms with Crippen molar-refractivity contribution in [3.05, 3.63) is 35.4 Å². The summed E-state index contributed by atoms with van der Waals surface area (Å²) in [5.41, 5.74) is 7.90. The first-order valence-electron chi connectivity index (χ1n) is 9.26. The zero-order valence-corrected chi connectivity index (χ0v) is 14.0. The highest BCUT2D eigenvalue weighted by atomic mass is 16.3. The maximum absolute atomic E-state index is 10.0. The van der Waals surface area contributed by atoms with Gasteiger partial charge in [-0.25, -0.2) is 0 Å². The minimum absolute atomic E-state index is 0.407. The van der Waals surface area contributed by atoms with Crippen LogP contribution in [0.15, 0.2) is 24.3 Å². The molecule has 2 rings (SSSR count). The fourth-order valence-corrected chi connectivity index (χ4v) is 3.70. The summed E-state index contributed by atoms with van der Waals surface area (Å²) in [4.78, 5) is 0. The molecule has 1 saturated carbocycles. The third-order valence-corrected chi connectivity index (χ3v) is 5.08. The molecule has 0 aliphatic heterocycles. The minimum Gasteiger partial charge on any atom is -0.388 e. The summed E-state index contributed by atoms with van der Waals surface area (Å²) in [5.74, 6) is 0.986. The van der Waals surface area contributed by atoms with E-state index in [9.17, 15) is 5.11 Å². The zero-order chi connectivity index (χ0) is 15.6. The van der Waals surface area contributed by atoms with Crippen LogP contribution >= 0.6 is 0 Å². The van der Waals surface area contributed by atoms with Crippen LogP contribution < -0.4 is 5.73 Å². The predicted octanol–water partition coefficient (Wildman–Crippen LogP) is 4.75. The molecule has 1 aromatic rings. The first kappa shape index (κ1) is 17.5. The van der Waals surface area contributed by atoms with Gasteiger partial charge in [-0.05, 0) is 42.9 Å². The van der Waals surface area contributed by atoms with Crippen LogP contribution in [0.2, 0.25) is 0 Å². The van der Waals surface area contributed by atoms with Crippen LogP contribution in [-0.2, 0) is 6.42 Å². The molecule has 22 heavy (non-hydrogen) atoms.